The second kappa shape index (κ2) is 4.75. The SMILES string of the molecule is CN1C(=O)/C(=C/c2ccc3ncccc3c2)SC1=S. The largest absolute Gasteiger partial charge is 0.296 e. The average Bonchev–Trinajstić information content (AvgIpc) is 2.66. The molecular formula is C14H10N2OS2. The van der Waals surface area contributed by atoms with Gasteiger partial charge in [0, 0.05) is 18.6 Å². The van der Waals surface area contributed by atoms with Crippen molar-refractivity contribution in [2.45, 2.75) is 0 Å². The molecule has 3 nitrogen and oxygen atoms in total. The third-order valence-corrected chi connectivity index (χ3v) is 4.40. The first kappa shape index (κ1) is 12.3. The molecule has 1 aliphatic rings. The molecule has 1 aliphatic heterocycles. The Labute approximate surface area is 120 Å². The molecule has 0 aliphatic carbocycles. The summed E-state index contributed by atoms with van der Waals surface area (Å²) in [6, 6.07) is 9.83. The number of nitrogens with zero attached hydrogens (tertiary/aromatic N) is 2. The van der Waals surface area contributed by atoms with E-state index in [0.717, 1.165) is 16.5 Å². The lowest BCUT2D eigenvalue weighted by molar-refractivity contribution is -0.121. The molecular weight excluding hydrogens is 276 g/mol. The van der Waals surface area contributed by atoms with Crippen LogP contribution in [0.2, 0.25) is 0 Å². The zero-order chi connectivity index (χ0) is 13.4. The van der Waals surface area contributed by atoms with E-state index in [0.29, 0.717) is 9.23 Å². The normalized spacial score (nSPS) is 17.7. The predicted octanol–water partition coefficient (Wildman–Crippen LogP) is 3.07. The molecule has 1 fully saturated rings. The van der Waals surface area contributed by atoms with Crippen LogP contribution >= 0.6 is 24.0 Å². The van der Waals surface area contributed by atoms with Crippen molar-refractivity contribution in [3.63, 3.8) is 0 Å². The summed E-state index contributed by atoms with van der Waals surface area (Å²) in [5.74, 6) is -0.0405. The molecule has 0 spiro atoms. The van der Waals surface area contributed by atoms with Crippen molar-refractivity contribution in [3.05, 3.63) is 47.0 Å². The van der Waals surface area contributed by atoms with Crippen molar-refractivity contribution in [2.24, 2.45) is 0 Å². The minimum Gasteiger partial charge on any atom is -0.296 e. The van der Waals surface area contributed by atoms with E-state index in [-0.39, 0.29) is 5.91 Å². The van der Waals surface area contributed by atoms with Gasteiger partial charge in [-0.25, -0.2) is 0 Å². The summed E-state index contributed by atoms with van der Waals surface area (Å²) >= 11 is 6.44. The Balaban J connectivity index is 2.02. The number of amides is 1. The van der Waals surface area contributed by atoms with Crippen molar-refractivity contribution in [1.82, 2.24) is 9.88 Å². The number of fused-ring (bicyclic) bond motifs is 1. The summed E-state index contributed by atoms with van der Waals surface area (Å²) in [6.45, 7) is 0. The Morgan fingerprint density at radius 3 is 2.95 bits per heavy atom. The highest BCUT2D eigenvalue weighted by molar-refractivity contribution is 8.26. The highest BCUT2D eigenvalue weighted by atomic mass is 32.2. The quantitative estimate of drug-likeness (QED) is 0.596. The lowest BCUT2D eigenvalue weighted by Crippen LogP contribution is -2.22. The number of benzene rings is 1. The Morgan fingerprint density at radius 1 is 1.37 bits per heavy atom. The maximum atomic E-state index is 11.9. The molecule has 1 saturated heterocycles. The van der Waals surface area contributed by atoms with Gasteiger partial charge in [-0.2, -0.15) is 0 Å². The monoisotopic (exact) mass is 286 g/mol. The van der Waals surface area contributed by atoms with E-state index in [1.54, 1.807) is 13.2 Å². The van der Waals surface area contributed by atoms with E-state index in [9.17, 15) is 4.79 Å². The zero-order valence-corrected chi connectivity index (χ0v) is 11.8. The molecule has 0 bridgehead atoms. The van der Waals surface area contributed by atoms with E-state index in [1.165, 1.54) is 16.7 Å². The van der Waals surface area contributed by atoms with Crippen LogP contribution in [0, 0.1) is 0 Å². The van der Waals surface area contributed by atoms with Gasteiger partial charge in [-0.1, -0.05) is 36.1 Å². The van der Waals surface area contributed by atoms with E-state index >= 15 is 0 Å². The van der Waals surface area contributed by atoms with Gasteiger partial charge in [-0.3, -0.25) is 14.7 Å². The van der Waals surface area contributed by atoms with Crippen LogP contribution in [0.1, 0.15) is 5.56 Å². The molecule has 3 rings (SSSR count). The van der Waals surface area contributed by atoms with Crippen LogP contribution in [0.15, 0.2) is 41.4 Å². The number of rotatable bonds is 1. The van der Waals surface area contributed by atoms with Crippen LogP contribution in [0.5, 0.6) is 0 Å². The number of aromatic nitrogens is 1. The van der Waals surface area contributed by atoms with Crippen molar-refractivity contribution >= 4 is 51.2 Å². The molecule has 0 atom stereocenters. The average molecular weight is 286 g/mol. The molecule has 1 aromatic carbocycles. The van der Waals surface area contributed by atoms with Crippen LogP contribution < -0.4 is 0 Å². The second-order valence-electron chi connectivity index (χ2n) is 4.20. The summed E-state index contributed by atoms with van der Waals surface area (Å²) in [5, 5.41) is 1.06. The maximum absolute atomic E-state index is 11.9. The van der Waals surface area contributed by atoms with Gasteiger partial charge in [0.05, 0.1) is 10.4 Å². The van der Waals surface area contributed by atoms with Gasteiger partial charge in [0.2, 0.25) is 0 Å². The molecule has 0 saturated carbocycles. The number of hydrogen-bond acceptors (Lipinski definition) is 4. The highest BCUT2D eigenvalue weighted by Crippen LogP contribution is 2.31. The highest BCUT2D eigenvalue weighted by Gasteiger charge is 2.28. The van der Waals surface area contributed by atoms with Crippen LogP contribution in [0.3, 0.4) is 0 Å². The van der Waals surface area contributed by atoms with E-state index in [2.05, 4.69) is 4.98 Å². The van der Waals surface area contributed by atoms with Crippen molar-refractivity contribution in [1.29, 1.82) is 0 Å². The molecule has 0 radical (unpaired) electrons. The summed E-state index contributed by atoms with van der Waals surface area (Å²) in [6.07, 6.45) is 3.64. The number of carbonyl (C=O) groups is 1. The van der Waals surface area contributed by atoms with Crippen LogP contribution in [0.4, 0.5) is 0 Å². The number of carbonyl (C=O) groups excluding carboxylic acids is 1. The van der Waals surface area contributed by atoms with Gasteiger partial charge in [0.25, 0.3) is 5.91 Å². The van der Waals surface area contributed by atoms with E-state index in [1.807, 2.05) is 36.4 Å². The van der Waals surface area contributed by atoms with Gasteiger partial charge in [0.1, 0.15) is 4.32 Å². The summed E-state index contributed by atoms with van der Waals surface area (Å²) in [7, 11) is 1.70. The van der Waals surface area contributed by atoms with E-state index < -0.39 is 0 Å². The van der Waals surface area contributed by atoms with Crippen LogP contribution in [0.25, 0.3) is 17.0 Å². The fraction of sp³-hybridized carbons (Fsp3) is 0.0714. The maximum Gasteiger partial charge on any atom is 0.265 e. The van der Waals surface area contributed by atoms with Crippen molar-refractivity contribution in [2.75, 3.05) is 7.05 Å². The first-order chi connectivity index (χ1) is 9.15. The first-order valence-corrected chi connectivity index (χ1v) is 6.94. The fourth-order valence-corrected chi connectivity index (χ4v) is 3.06. The molecule has 94 valence electrons. The topological polar surface area (TPSA) is 33.2 Å². The molecule has 2 aromatic rings. The van der Waals surface area contributed by atoms with Crippen molar-refractivity contribution < 1.29 is 4.79 Å². The van der Waals surface area contributed by atoms with Gasteiger partial charge in [-0.05, 0) is 29.8 Å². The molecule has 2 heterocycles. The molecule has 1 amide bonds. The minimum absolute atomic E-state index is 0.0405. The third-order valence-electron chi connectivity index (χ3n) is 2.91. The lowest BCUT2D eigenvalue weighted by atomic mass is 10.1. The first-order valence-electron chi connectivity index (χ1n) is 5.71. The van der Waals surface area contributed by atoms with Gasteiger partial charge >= 0.3 is 0 Å². The summed E-state index contributed by atoms with van der Waals surface area (Å²) in [4.78, 5) is 18.3. The molecule has 0 N–H and O–H groups in total. The Kier molecular flexibility index (Phi) is 3.08. The number of thiocarbonyl (C=S) groups is 1. The minimum atomic E-state index is -0.0405. The third kappa shape index (κ3) is 2.27. The number of hydrogen-bond donors (Lipinski definition) is 0. The smallest absolute Gasteiger partial charge is 0.265 e. The molecule has 1 aromatic heterocycles. The standard InChI is InChI=1S/C14H10N2OS2/c1-16-13(17)12(19-14(16)18)8-9-4-5-11-10(7-9)3-2-6-15-11/h2-8H,1H3/b12-8-. The van der Waals surface area contributed by atoms with Crippen LogP contribution in [-0.4, -0.2) is 27.2 Å². The van der Waals surface area contributed by atoms with Gasteiger partial charge in [-0.15, -0.1) is 0 Å². The molecule has 0 unspecified atom stereocenters. The number of pyridine rings is 1. The fourth-order valence-electron chi connectivity index (χ4n) is 1.88. The lowest BCUT2D eigenvalue weighted by Gasteiger charge is -2.03. The van der Waals surface area contributed by atoms with E-state index in [4.69, 9.17) is 12.2 Å². The Hall–Kier alpha value is -1.72. The summed E-state index contributed by atoms with van der Waals surface area (Å²) < 4.78 is 0.596. The van der Waals surface area contributed by atoms with Crippen LogP contribution in [-0.2, 0) is 4.79 Å². The second-order valence-corrected chi connectivity index (χ2v) is 5.87. The van der Waals surface area contributed by atoms with Gasteiger partial charge < -0.3 is 0 Å². The summed E-state index contributed by atoms with van der Waals surface area (Å²) in [5.41, 5.74) is 1.93. The van der Waals surface area contributed by atoms with Gasteiger partial charge in [0.15, 0.2) is 0 Å². The molecule has 19 heavy (non-hydrogen) atoms. The predicted molar refractivity (Wildman–Crippen MR) is 82.7 cm³/mol. The van der Waals surface area contributed by atoms with Crippen molar-refractivity contribution in [3.8, 4) is 0 Å². The Morgan fingerprint density at radius 2 is 2.21 bits per heavy atom. The number of likely N-dealkylation sites (N-methyl/N-ethyl adjacent to an activating group) is 1. The molecule has 5 heteroatoms. The number of thioether (sulfide) groups is 1. The zero-order valence-electron chi connectivity index (χ0n) is 10.2. The Bertz CT molecular complexity index is 724.